The Hall–Kier alpha value is -1.82. The van der Waals surface area contributed by atoms with Gasteiger partial charge in [-0.25, -0.2) is 9.36 Å². The number of hydrogen-bond donors (Lipinski definition) is 2. The molecule has 2 saturated heterocycles. The lowest BCUT2D eigenvalue weighted by molar-refractivity contribution is -0.154. The third kappa shape index (κ3) is 5.64. The molecule has 12 nitrogen and oxygen atoms in total. The number of rotatable bonds is 8. The van der Waals surface area contributed by atoms with Crippen molar-refractivity contribution in [2.24, 2.45) is 17.6 Å². The topological polar surface area (TPSA) is 161 Å². The molecule has 0 radical (unpaired) electrons. The Bertz CT molecular complexity index is 1020. The number of carbonyl (C=O) groups excluding carboxylic acids is 1. The first-order valence-electron chi connectivity index (χ1n) is 10.9. The van der Waals surface area contributed by atoms with Crippen molar-refractivity contribution in [3.05, 3.63) is 33.1 Å². The van der Waals surface area contributed by atoms with Gasteiger partial charge < -0.3 is 15.2 Å². The number of nitrogens with one attached hydrogen (secondary N) is 1. The van der Waals surface area contributed by atoms with Crippen LogP contribution in [0, 0.1) is 11.8 Å². The quantitative estimate of drug-likeness (QED) is 0.402. The minimum Gasteiger partial charge on any atom is -0.463 e. The number of nitrogens with zero attached hydrogens (tertiary/aromatic N) is 1. The van der Waals surface area contributed by atoms with Gasteiger partial charge in [0.2, 0.25) is 0 Å². The summed E-state index contributed by atoms with van der Waals surface area (Å²) in [6.07, 6.45) is -1.32. The van der Waals surface area contributed by atoms with Crippen molar-refractivity contribution in [3.8, 4) is 0 Å². The van der Waals surface area contributed by atoms with Crippen LogP contribution < -0.4 is 17.0 Å². The molecule has 0 spiro atoms. The van der Waals surface area contributed by atoms with E-state index in [1.807, 2.05) is 13.8 Å². The van der Waals surface area contributed by atoms with Crippen molar-refractivity contribution in [3.63, 3.8) is 0 Å². The van der Waals surface area contributed by atoms with E-state index in [0.717, 1.165) is 4.57 Å². The van der Waals surface area contributed by atoms with E-state index in [-0.39, 0.29) is 37.6 Å². The maximum Gasteiger partial charge on any atom is 0.475 e. The summed E-state index contributed by atoms with van der Waals surface area (Å²) >= 11 is 0. The molecule has 2 fully saturated rings. The Morgan fingerprint density at radius 1 is 1.36 bits per heavy atom. The van der Waals surface area contributed by atoms with Crippen molar-refractivity contribution in [1.29, 1.82) is 0 Å². The second-order valence-corrected chi connectivity index (χ2v) is 10.8. The number of aromatic amines is 1. The molecule has 0 bridgehead atoms. The maximum absolute atomic E-state index is 13.1. The number of phosphoric ester groups is 1. The van der Waals surface area contributed by atoms with Crippen LogP contribution >= 0.6 is 7.82 Å². The number of phosphoric acid groups is 1. The molecule has 2 aliphatic rings. The van der Waals surface area contributed by atoms with Crippen LogP contribution in [0.3, 0.4) is 0 Å². The number of H-pyrrole nitrogens is 1. The van der Waals surface area contributed by atoms with Gasteiger partial charge in [-0.2, -0.15) is 0 Å². The number of esters is 1. The van der Waals surface area contributed by atoms with Gasteiger partial charge >= 0.3 is 19.5 Å². The summed E-state index contributed by atoms with van der Waals surface area (Å²) < 4.78 is 41.8. The third-order valence-electron chi connectivity index (χ3n) is 5.67. The van der Waals surface area contributed by atoms with E-state index in [9.17, 15) is 18.9 Å². The van der Waals surface area contributed by atoms with E-state index >= 15 is 0 Å². The predicted octanol–water partition coefficient (Wildman–Crippen LogP) is 1.31. The Labute approximate surface area is 191 Å². The van der Waals surface area contributed by atoms with Crippen LogP contribution in [0.25, 0.3) is 0 Å². The maximum atomic E-state index is 13.1. The van der Waals surface area contributed by atoms with Crippen molar-refractivity contribution < 1.29 is 32.4 Å². The van der Waals surface area contributed by atoms with Gasteiger partial charge in [-0.1, -0.05) is 13.8 Å². The first-order chi connectivity index (χ1) is 15.3. The van der Waals surface area contributed by atoms with E-state index in [4.69, 9.17) is 28.8 Å². The fourth-order valence-electron chi connectivity index (χ4n) is 3.95. The molecule has 0 saturated carbocycles. The smallest absolute Gasteiger partial charge is 0.463 e. The molecule has 3 rings (SSSR count). The lowest BCUT2D eigenvalue weighted by Crippen LogP contribution is -2.55. The Kier molecular flexibility index (Phi) is 7.67. The fourth-order valence-corrected chi connectivity index (χ4v) is 5.44. The molecular formula is C20H32N3O9P. The highest BCUT2D eigenvalue weighted by Crippen LogP contribution is 2.58. The number of nitrogens with two attached hydrogens (primary N) is 1. The lowest BCUT2D eigenvalue weighted by atomic mass is 9.93. The van der Waals surface area contributed by atoms with E-state index in [0.29, 0.717) is 0 Å². The SMILES string of the molecule is CC(C)OC(=O)C(CCO[P@@]1(=O)OC[C@H]2O[C@@H](n3ccc(=O)[nH]c3=O)[C@](C)(N)[C@@H]2O1)C(C)C. The van der Waals surface area contributed by atoms with Gasteiger partial charge in [0.1, 0.15) is 12.2 Å². The van der Waals surface area contributed by atoms with Crippen molar-refractivity contribution >= 4 is 13.8 Å². The Morgan fingerprint density at radius 3 is 2.67 bits per heavy atom. The van der Waals surface area contributed by atoms with Crippen LogP contribution in [-0.4, -0.2) is 52.6 Å². The van der Waals surface area contributed by atoms with Gasteiger partial charge in [0, 0.05) is 12.3 Å². The summed E-state index contributed by atoms with van der Waals surface area (Å²) in [5, 5.41) is 0. The molecule has 2 aliphatic heterocycles. The molecule has 0 aromatic carbocycles. The zero-order chi connectivity index (χ0) is 24.6. The van der Waals surface area contributed by atoms with Crippen LogP contribution in [0.1, 0.15) is 47.3 Å². The minimum absolute atomic E-state index is 0.00897. The summed E-state index contributed by atoms with van der Waals surface area (Å²) in [5.41, 5.74) is 3.90. The number of carbonyl (C=O) groups is 1. The predicted molar refractivity (Wildman–Crippen MR) is 116 cm³/mol. The monoisotopic (exact) mass is 489 g/mol. The number of aromatic nitrogens is 2. The summed E-state index contributed by atoms with van der Waals surface area (Å²) in [4.78, 5) is 38.0. The Balaban J connectivity index is 1.67. The van der Waals surface area contributed by atoms with Gasteiger partial charge in [0.05, 0.1) is 30.8 Å². The van der Waals surface area contributed by atoms with Crippen LogP contribution in [0.2, 0.25) is 0 Å². The molecule has 6 atom stereocenters. The summed E-state index contributed by atoms with van der Waals surface area (Å²) in [6.45, 7) is 8.72. The van der Waals surface area contributed by atoms with Gasteiger partial charge in [-0.15, -0.1) is 0 Å². The second kappa shape index (κ2) is 9.81. The van der Waals surface area contributed by atoms with E-state index < -0.39 is 49.0 Å². The van der Waals surface area contributed by atoms with Crippen molar-refractivity contribution in [2.45, 2.75) is 71.1 Å². The van der Waals surface area contributed by atoms with E-state index in [1.165, 1.54) is 12.3 Å². The molecule has 1 aromatic rings. The van der Waals surface area contributed by atoms with Crippen LogP contribution in [0.5, 0.6) is 0 Å². The van der Waals surface area contributed by atoms with Gasteiger partial charge in [0.25, 0.3) is 5.56 Å². The molecule has 186 valence electrons. The molecule has 0 aliphatic carbocycles. The molecule has 1 unspecified atom stereocenters. The fraction of sp³-hybridized carbons (Fsp3) is 0.750. The average Bonchev–Trinajstić information content (AvgIpc) is 2.94. The highest BCUT2D eigenvalue weighted by atomic mass is 31.2. The standard InChI is InChI=1S/C20H32N3O9P/c1-11(2)13(17(25)30-12(3)4)7-9-28-33(27)29-10-14-16(32-33)20(5,21)18(31-14)23-8-6-15(24)22-19(23)26/h6,8,11-14,16,18H,7,9-10,21H2,1-5H3,(H,22,24,26)/t13?,14-,16-,18-,20-,33+/m1/s1. The minimum atomic E-state index is -4.00. The van der Waals surface area contributed by atoms with Crippen molar-refractivity contribution in [2.75, 3.05) is 13.2 Å². The van der Waals surface area contributed by atoms with E-state index in [2.05, 4.69) is 4.98 Å². The van der Waals surface area contributed by atoms with Gasteiger partial charge in [-0.05, 0) is 33.1 Å². The summed E-state index contributed by atoms with van der Waals surface area (Å²) in [5.74, 6) is -0.798. The van der Waals surface area contributed by atoms with E-state index in [1.54, 1.807) is 20.8 Å². The normalized spacial score (nSPS) is 32.7. The number of hydrogen-bond acceptors (Lipinski definition) is 10. The first kappa shape index (κ1) is 25.8. The van der Waals surface area contributed by atoms with Crippen molar-refractivity contribution in [1.82, 2.24) is 9.55 Å². The zero-order valence-corrected chi connectivity index (χ0v) is 20.3. The van der Waals surface area contributed by atoms with Gasteiger partial charge in [-0.3, -0.25) is 32.7 Å². The first-order valence-corrected chi connectivity index (χ1v) is 12.3. The number of ether oxygens (including phenoxy) is 2. The molecule has 3 heterocycles. The molecular weight excluding hydrogens is 457 g/mol. The molecule has 13 heteroatoms. The molecule has 0 amide bonds. The summed E-state index contributed by atoms with van der Waals surface area (Å²) in [7, 11) is -4.00. The van der Waals surface area contributed by atoms with Gasteiger partial charge in [0.15, 0.2) is 6.23 Å². The largest absolute Gasteiger partial charge is 0.475 e. The third-order valence-corrected chi connectivity index (χ3v) is 7.12. The number of fused-ring (bicyclic) bond motifs is 1. The van der Waals surface area contributed by atoms with Crippen LogP contribution in [0.4, 0.5) is 0 Å². The Morgan fingerprint density at radius 2 is 2.06 bits per heavy atom. The lowest BCUT2D eigenvalue weighted by Gasteiger charge is -2.36. The second-order valence-electron chi connectivity index (χ2n) is 9.14. The van der Waals surface area contributed by atoms with Crippen LogP contribution in [0.15, 0.2) is 21.9 Å². The molecule has 3 N–H and O–H groups in total. The summed E-state index contributed by atoms with van der Waals surface area (Å²) in [6, 6.07) is 1.17. The highest BCUT2D eigenvalue weighted by Gasteiger charge is 2.59. The highest BCUT2D eigenvalue weighted by molar-refractivity contribution is 7.48. The average molecular weight is 489 g/mol. The zero-order valence-electron chi connectivity index (χ0n) is 19.4. The molecule has 33 heavy (non-hydrogen) atoms. The van der Waals surface area contributed by atoms with Crippen LogP contribution in [-0.2, 0) is 32.4 Å². The molecule has 1 aromatic heterocycles.